The molecule has 0 saturated heterocycles. The molecule has 0 aliphatic rings. The predicted molar refractivity (Wildman–Crippen MR) is 112 cm³/mol. The second kappa shape index (κ2) is 9.30. The molecule has 0 fully saturated rings. The van der Waals surface area contributed by atoms with Gasteiger partial charge in [0, 0.05) is 21.5 Å². The van der Waals surface area contributed by atoms with Crippen molar-refractivity contribution in [1.29, 1.82) is 0 Å². The number of nitrogens with one attached hydrogen (secondary N) is 1. The third kappa shape index (κ3) is 5.28. The number of benzene rings is 2. The Morgan fingerprint density at radius 3 is 2.54 bits per heavy atom. The fraction of sp³-hybridized carbons (Fsp3) is 0.0952. The van der Waals surface area contributed by atoms with Crippen LogP contribution in [0.15, 0.2) is 60.7 Å². The maximum Gasteiger partial charge on any atom is 0.310 e. The van der Waals surface area contributed by atoms with E-state index in [1.165, 1.54) is 24.5 Å². The summed E-state index contributed by atoms with van der Waals surface area (Å²) < 4.78 is 4.76. The van der Waals surface area contributed by atoms with Crippen molar-refractivity contribution < 1.29 is 14.3 Å². The third-order valence-electron chi connectivity index (χ3n) is 3.80. The molecule has 1 aromatic heterocycles. The van der Waals surface area contributed by atoms with Gasteiger partial charge in [-0.15, -0.1) is 11.3 Å². The van der Waals surface area contributed by atoms with Crippen molar-refractivity contribution in [1.82, 2.24) is 4.98 Å². The number of nitrogens with zero attached hydrogens (tertiary/aromatic N) is 1. The van der Waals surface area contributed by atoms with Gasteiger partial charge in [-0.1, -0.05) is 54.1 Å². The van der Waals surface area contributed by atoms with Crippen molar-refractivity contribution in [3.8, 4) is 11.3 Å². The Balaban J connectivity index is 1.78. The van der Waals surface area contributed by atoms with Gasteiger partial charge in [0.25, 0.3) is 0 Å². The SMILES string of the molecule is COC(=O)Cc1sc(NC(=O)/C=C/c2ccc(Cl)cc2)nc1-c1ccccc1. The van der Waals surface area contributed by atoms with E-state index in [2.05, 4.69) is 10.3 Å². The summed E-state index contributed by atoms with van der Waals surface area (Å²) in [7, 11) is 1.34. The number of halogens is 1. The van der Waals surface area contributed by atoms with E-state index in [9.17, 15) is 9.59 Å². The van der Waals surface area contributed by atoms with Crippen LogP contribution < -0.4 is 5.32 Å². The number of aromatic nitrogens is 1. The number of methoxy groups -OCH3 is 1. The van der Waals surface area contributed by atoms with Crippen LogP contribution in [0.4, 0.5) is 5.13 Å². The molecule has 0 aliphatic carbocycles. The highest BCUT2D eigenvalue weighted by atomic mass is 35.5. The van der Waals surface area contributed by atoms with Gasteiger partial charge >= 0.3 is 5.97 Å². The van der Waals surface area contributed by atoms with Crippen LogP contribution >= 0.6 is 22.9 Å². The zero-order chi connectivity index (χ0) is 19.9. The van der Waals surface area contributed by atoms with Gasteiger partial charge in [0.2, 0.25) is 5.91 Å². The zero-order valence-corrected chi connectivity index (χ0v) is 16.6. The summed E-state index contributed by atoms with van der Waals surface area (Å²) in [5, 5.41) is 3.80. The van der Waals surface area contributed by atoms with Crippen LogP contribution in [-0.4, -0.2) is 24.0 Å². The number of carbonyl (C=O) groups is 2. The van der Waals surface area contributed by atoms with Gasteiger partial charge in [0.1, 0.15) is 0 Å². The van der Waals surface area contributed by atoms with Gasteiger partial charge in [0.05, 0.1) is 19.2 Å². The molecule has 3 rings (SSSR count). The van der Waals surface area contributed by atoms with Crippen LogP contribution in [0.3, 0.4) is 0 Å². The fourth-order valence-electron chi connectivity index (χ4n) is 2.44. The molecular weight excluding hydrogens is 396 g/mol. The lowest BCUT2D eigenvalue weighted by Gasteiger charge is -2.01. The maximum atomic E-state index is 12.2. The second-order valence-electron chi connectivity index (χ2n) is 5.78. The number of amides is 1. The average Bonchev–Trinajstić information content (AvgIpc) is 3.10. The second-order valence-corrected chi connectivity index (χ2v) is 7.30. The summed E-state index contributed by atoms with van der Waals surface area (Å²) in [5.41, 5.74) is 2.39. The van der Waals surface area contributed by atoms with Crippen LogP contribution in [0.5, 0.6) is 0 Å². The smallest absolute Gasteiger partial charge is 0.310 e. The quantitative estimate of drug-likeness (QED) is 0.465. The molecular formula is C21H17ClN2O3S. The lowest BCUT2D eigenvalue weighted by atomic mass is 10.1. The fourth-order valence-corrected chi connectivity index (χ4v) is 3.54. The topological polar surface area (TPSA) is 68.3 Å². The van der Waals surface area contributed by atoms with Crippen molar-refractivity contribution in [3.05, 3.63) is 76.1 Å². The van der Waals surface area contributed by atoms with Gasteiger partial charge in [-0.05, 0) is 23.8 Å². The lowest BCUT2D eigenvalue weighted by Crippen LogP contribution is -2.07. The molecule has 0 spiro atoms. The molecule has 142 valence electrons. The standard InChI is InChI=1S/C21H17ClN2O3S/c1-27-19(26)13-17-20(15-5-3-2-4-6-15)24-21(28-17)23-18(25)12-9-14-7-10-16(22)11-8-14/h2-12H,13H2,1H3,(H,23,24,25)/b12-9+. The van der Waals surface area contributed by atoms with Crippen LogP contribution in [-0.2, 0) is 20.7 Å². The van der Waals surface area contributed by atoms with Crippen LogP contribution in [0.1, 0.15) is 10.4 Å². The van der Waals surface area contributed by atoms with E-state index in [0.29, 0.717) is 15.8 Å². The van der Waals surface area contributed by atoms with E-state index in [1.807, 2.05) is 42.5 Å². The Morgan fingerprint density at radius 1 is 1.14 bits per heavy atom. The highest BCUT2D eigenvalue weighted by Gasteiger charge is 2.17. The highest BCUT2D eigenvalue weighted by Crippen LogP contribution is 2.31. The Bertz CT molecular complexity index is 998. The van der Waals surface area contributed by atoms with E-state index in [4.69, 9.17) is 16.3 Å². The van der Waals surface area contributed by atoms with Crippen molar-refractivity contribution in [3.63, 3.8) is 0 Å². The predicted octanol–water partition coefficient (Wildman–Crippen LogP) is 4.83. The summed E-state index contributed by atoms with van der Waals surface area (Å²) >= 11 is 7.11. The normalized spacial score (nSPS) is 10.8. The third-order valence-corrected chi connectivity index (χ3v) is 5.03. The minimum absolute atomic E-state index is 0.0921. The summed E-state index contributed by atoms with van der Waals surface area (Å²) in [5.74, 6) is -0.672. The lowest BCUT2D eigenvalue weighted by molar-refractivity contribution is -0.139. The molecule has 7 heteroatoms. The molecule has 0 aliphatic heterocycles. The number of rotatable bonds is 6. The first kappa shape index (κ1) is 19.8. The number of thiazole rings is 1. The van der Waals surface area contributed by atoms with Crippen molar-refractivity contribution in [2.45, 2.75) is 6.42 Å². The monoisotopic (exact) mass is 412 g/mol. The molecule has 0 atom stereocenters. The van der Waals surface area contributed by atoms with Gasteiger partial charge in [0.15, 0.2) is 5.13 Å². The van der Waals surface area contributed by atoms with Crippen molar-refractivity contribution in [2.75, 3.05) is 12.4 Å². The minimum Gasteiger partial charge on any atom is -0.469 e. The summed E-state index contributed by atoms with van der Waals surface area (Å²) in [6.07, 6.45) is 3.20. The highest BCUT2D eigenvalue weighted by molar-refractivity contribution is 7.16. The largest absolute Gasteiger partial charge is 0.469 e. The molecule has 3 aromatic rings. The Kier molecular flexibility index (Phi) is 6.57. The van der Waals surface area contributed by atoms with E-state index in [1.54, 1.807) is 18.2 Å². The number of carbonyl (C=O) groups excluding carboxylic acids is 2. The van der Waals surface area contributed by atoms with Gasteiger partial charge in [-0.25, -0.2) is 4.98 Å². The van der Waals surface area contributed by atoms with E-state index >= 15 is 0 Å². The number of hydrogen-bond acceptors (Lipinski definition) is 5. The van der Waals surface area contributed by atoms with Gasteiger partial charge in [-0.2, -0.15) is 0 Å². The van der Waals surface area contributed by atoms with Gasteiger partial charge < -0.3 is 4.74 Å². The molecule has 28 heavy (non-hydrogen) atoms. The number of anilines is 1. The first-order chi connectivity index (χ1) is 13.5. The Morgan fingerprint density at radius 2 is 1.86 bits per heavy atom. The molecule has 0 bridgehead atoms. The molecule has 1 N–H and O–H groups in total. The minimum atomic E-state index is -0.360. The molecule has 1 amide bonds. The van der Waals surface area contributed by atoms with E-state index < -0.39 is 0 Å². The first-order valence-corrected chi connectivity index (χ1v) is 9.61. The summed E-state index contributed by atoms with van der Waals surface area (Å²) in [6, 6.07) is 16.6. The van der Waals surface area contributed by atoms with Gasteiger partial charge in [-0.3, -0.25) is 14.9 Å². The molecule has 5 nitrogen and oxygen atoms in total. The van der Waals surface area contributed by atoms with Crippen LogP contribution in [0.25, 0.3) is 17.3 Å². The molecule has 2 aromatic carbocycles. The van der Waals surface area contributed by atoms with Crippen molar-refractivity contribution in [2.24, 2.45) is 0 Å². The first-order valence-electron chi connectivity index (χ1n) is 8.41. The molecule has 0 unspecified atom stereocenters. The Labute approximate surface area is 171 Å². The number of ether oxygens (including phenoxy) is 1. The summed E-state index contributed by atoms with van der Waals surface area (Å²) in [6.45, 7) is 0. The Hall–Kier alpha value is -2.96. The molecule has 0 radical (unpaired) electrons. The summed E-state index contributed by atoms with van der Waals surface area (Å²) in [4.78, 5) is 29.2. The number of hydrogen-bond donors (Lipinski definition) is 1. The van der Waals surface area contributed by atoms with Crippen LogP contribution in [0.2, 0.25) is 5.02 Å². The molecule has 0 saturated carbocycles. The van der Waals surface area contributed by atoms with E-state index in [-0.39, 0.29) is 18.3 Å². The molecule has 1 heterocycles. The van der Waals surface area contributed by atoms with Crippen molar-refractivity contribution >= 4 is 46.0 Å². The average molecular weight is 413 g/mol. The zero-order valence-electron chi connectivity index (χ0n) is 15.0. The van der Waals surface area contributed by atoms with E-state index in [0.717, 1.165) is 16.0 Å². The van der Waals surface area contributed by atoms with Crippen LogP contribution in [0, 0.1) is 0 Å². The maximum absolute atomic E-state index is 12.2. The number of esters is 1.